The maximum Gasteiger partial charge on any atom is 0.103 e. The zero-order valence-electron chi connectivity index (χ0n) is 14.5. The Kier molecular flexibility index (Phi) is 5.66. The number of fused-ring (bicyclic) bond motifs is 1. The molecule has 1 aliphatic rings. The molecule has 1 unspecified atom stereocenters. The van der Waals surface area contributed by atoms with Crippen molar-refractivity contribution in [2.24, 2.45) is 5.92 Å². The molecular weight excluding hydrogens is 296 g/mol. The van der Waals surface area contributed by atoms with Crippen molar-refractivity contribution in [3.63, 3.8) is 0 Å². The third kappa shape index (κ3) is 4.04. The van der Waals surface area contributed by atoms with Crippen LogP contribution in [0.1, 0.15) is 38.2 Å². The second kappa shape index (κ2) is 8.12. The Hall–Kier alpha value is -2.12. The molecule has 2 heterocycles. The van der Waals surface area contributed by atoms with Crippen LogP contribution in [0.4, 0.5) is 5.69 Å². The lowest BCUT2D eigenvalue weighted by molar-refractivity contribution is 0.181. The second-order valence-corrected chi connectivity index (χ2v) is 6.86. The van der Waals surface area contributed by atoms with Gasteiger partial charge in [0.25, 0.3) is 0 Å². The van der Waals surface area contributed by atoms with Crippen LogP contribution >= 0.6 is 0 Å². The molecule has 0 amide bonds. The molecule has 1 aliphatic heterocycles. The van der Waals surface area contributed by atoms with Gasteiger partial charge in [-0.3, -0.25) is 4.98 Å². The fraction of sp³-hybridized carbons (Fsp3) is 0.500. The Morgan fingerprint density at radius 2 is 2.21 bits per heavy atom. The molecule has 1 aromatic heterocycles. The number of nitriles is 1. The zero-order valence-corrected chi connectivity index (χ0v) is 14.5. The van der Waals surface area contributed by atoms with Crippen molar-refractivity contribution in [1.29, 1.82) is 5.26 Å². The van der Waals surface area contributed by atoms with E-state index in [0.29, 0.717) is 5.56 Å². The van der Waals surface area contributed by atoms with Crippen LogP contribution in [0.5, 0.6) is 0 Å². The van der Waals surface area contributed by atoms with Gasteiger partial charge < -0.3 is 10.2 Å². The van der Waals surface area contributed by atoms with E-state index in [1.165, 1.54) is 38.9 Å². The Morgan fingerprint density at radius 3 is 3.04 bits per heavy atom. The highest BCUT2D eigenvalue weighted by Gasteiger charge is 2.15. The maximum atomic E-state index is 9.34. The summed E-state index contributed by atoms with van der Waals surface area (Å²) in [6.45, 7) is 6.94. The van der Waals surface area contributed by atoms with E-state index in [-0.39, 0.29) is 0 Å². The van der Waals surface area contributed by atoms with Crippen LogP contribution < -0.4 is 5.32 Å². The van der Waals surface area contributed by atoms with E-state index in [1.807, 2.05) is 24.3 Å². The molecular formula is C20H26N4. The number of pyridine rings is 1. The summed E-state index contributed by atoms with van der Waals surface area (Å²) in [5.41, 5.74) is 2.48. The summed E-state index contributed by atoms with van der Waals surface area (Å²) >= 11 is 0. The van der Waals surface area contributed by atoms with Crippen LogP contribution in [0.15, 0.2) is 30.5 Å². The number of piperidine rings is 1. The second-order valence-electron chi connectivity index (χ2n) is 6.86. The number of hydrogen-bond acceptors (Lipinski definition) is 4. The van der Waals surface area contributed by atoms with E-state index < -0.39 is 0 Å². The molecule has 4 heteroatoms. The minimum atomic E-state index is 0.624. The van der Waals surface area contributed by atoms with E-state index in [2.05, 4.69) is 28.2 Å². The maximum absolute atomic E-state index is 9.34. The highest BCUT2D eigenvalue weighted by atomic mass is 15.1. The van der Waals surface area contributed by atoms with Gasteiger partial charge in [0.2, 0.25) is 0 Å². The van der Waals surface area contributed by atoms with E-state index >= 15 is 0 Å². The van der Waals surface area contributed by atoms with E-state index in [4.69, 9.17) is 0 Å². The molecule has 2 aromatic rings. The fourth-order valence-corrected chi connectivity index (χ4v) is 3.58. The van der Waals surface area contributed by atoms with Crippen molar-refractivity contribution >= 4 is 16.6 Å². The van der Waals surface area contributed by atoms with Crippen molar-refractivity contribution in [1.82, 2.24) is 9.88 Å². The summed E-state index contributed by atoms with van der Waals surface area (Å²) < 4.78 is 0. The summed E-state index contributed by atoms with van der Waals surface area (Å²) in [5.74, 6) is 0.846. The van der Waals surface area contributed by atoms with Crippen LogP contribution in [-0.4, -0.2) is 36.1 Å². The summed E-state index contributed by atoms with van der Waals surface area (Å²) in [7, 11) is 0. The van der Waals surface area contributed by atoms with Gasteiger partial charge in [-0.1, -0.05) is 25.1 Å². The third-order valence-electron chi connectivity index (χ3n) is 4.84. The van der Waals surface area contributed by atoms with Gasteiger partial charge in [0.1, 0.15) is 6.07 Å². The Morgan fingerprint density at radius 1 is 1.33 bits per heavy atom. The molecule has 1 fully saturated rings. The molecule has 0 radical (unpaired) electrons. The van der Waals surface area contributed by atoms with Crippen LogP contribution in [-0.2, 0) is 0 Å². The number of likely N-dealkylation sites (tertiary alicyclic amines) is 1. The summed E-state index contributed by atoms with van der Waals surface area (Å²) in [4.78, 5) is 6.95. The van der Waals surface area contributed by atoms with Gasteiger partial charge in [0.15, 0.2) is 0 Å². The molecule has 0 spiro atoms. The molecule has 4 nitrogen and oxygen atoms in total. The molecule has 1 saturated heterocycles. The van der Waals surface area contributed by atoms with Crippen LogP contribution in [0.3, 0.4) is 0 Å². The number of unbranched alkanes of at least 4 members (excludes halogenated alkanes) is 1. The number of aromatic nitrogens is 1. The number of para-hydroxylation sites is 1. The number of rotatable bonds is 6. The predicted molar refractivity (Wildman–Crippen MR) is 99.0 cm³/mol. The molecule has 0 saturated carbocycles. The van der Waals surface area contributed by atoms with Gasteiger partial charge in [-0.2, -0.15) is 5.26 Å². The molecule has 0 bridgehead atoms. The molecule has 1 N–H and O–H groups in total. The van der Waals surface area contributed by atoms with Crippen molar-refractivity contribution < 1.29 is 0 Å². The lowest BCUT2D eigenvalue weighted by Crippen LogP contribution is -2.35. The average molecular weight is 322 g/mol. The van der Waals surface area contributed by atoms with Crippen molar-refractivity contribution in [3.05, 3.63) is 36.0 Å². The molecule has 126 valence electrons. The third-order valence-corrected chi connectivity index (χ3v) is 4.84. The first-order chi connectivity index (χ1) is 11.8. The quantitative estimate of drug-likeness (QED) is 0.816. The van der Waals surface area contributed by atoms with Gasteiger partial charge in [0.05, 0.1) is 16.8 Å². The number of anilines is 1. The van der Waals surface area contributed by atoms with Crippen molar-refractivity contribution in [3.8, 4) is 6.07 Å². The number of nitrogens with zero attached hydrogens (tertiary/aromatic N) is 3. The zero-order chi connectivity index (χ0) is 16.8. The highest BCUT2D eigenvalue weighted by Crippen LogP contribution is 2.25. The van der Waals surface area contributed by atoms with E-state index in [1.54, 1.807) is 6.20 Å². The first kappa shape index (κ1) is 16.7. The molecule has 3 rings (SSSR count). The molecule has 0 aliphatic carbocycles. The van der Waals surface area contributed by atoms with Gasteiger partial charge in [-0.25, -0.2) is 0 Å². The topological polar surface area (TPSA) is 52.0 Å². The minimum Gasteiger partial charge on any atom is -0.383 e. The van der Waals surface area contributed by atoms with Crippen LogP contribution in [0.25, 0.3) is 10.9 Å². The normalized spacial score (nSPS) is 18.4. The lowest BCUT2D eigenvalue weighted by Gasteiger charge is -2.30. The molecule has 1 atom stereocenters. The summed E-state index contributed by atoms with van der Waals surface area (Å²) in [6.07, 6.45) is 6.70. The SMILES string of the molecule is CC1CCCN(CCCCNc2c(C#N)cnc3ccccc23)C1. The Bertz CT molecular complexity index is 719. The number of nitrogens with one attached hydrogen (secondary N) is 1. The van der Waals surface area contributed by atoms with Crippen molar-refractivity contribution in [2.45, 2.75) is 32.6 Å². The molecule has 1 aromatic carbocycles. The van der Waals surface area contributed by atoms with E-state index in [9.17, 15) is 5.26 Å². The van der Waals surface area contributed by atoms with Gasteiger partial charge in [-0.05, 0) is 50.8 Å². The van der Waals surface area contributed by atoms with Crippen LogP contribution in [0, 0.1) is 17.2 Å². The standard InChI is InChI=1S/C20H26N4/c1-16-7-6-12-24(15-16)11-5-4-10-22-20-17(13-21)14-23-19-9-3-2-8-18(19)20/h2-3,8-9,14,16H,4-7,10-12,15H2,1H3,(H,22,23). The largest absolute Gasteiger partial charge is 0.383 e. The summed E-state index contributed by atoms with van der Waals surface area (Å²) in [6, 6.07) is 10.2. The Labute approximate surface area is 144 Å². The van der Waals surface area contributed by atoms with E-state index in [0.717, 1.165) is 35.5 Å². The van der Waals surface area contributed by atoms with Crippen molar-refractivity contribution in [2.75, 3.05) is 31.5 Å². The highest BCUT2D eigenvalue weighted by molar-refractivity contribution is 5.93. The number of hydrogen-bond donors (Lipinski definition) is 1. The monoisotopic (exact) mass is 322 g/mol. The fourth-order valence-electron chi connectivity index (χ4n) is 3.58. The lowest BCUT2D eigenvalue weighted by atomic mass is 10.0. The minimum absolute atomic E-state index is 0.624. The number of benzene rings is 1. The van der Waals surface area contributed by atoms with Gasteiger partial charge in [0, 0.05) is 24.7 Å². The smallest absolute Gasteiger partial charge is 0.103 e. The summed E-state index contributed by atoms with van der Waals surface area (Å²) in [5, 5.41) is 13.8. The Balaban J connectivity index is 1.53. The first-order valence-corrected chi connectivity index (χ1v) is 9.02. The molecule has 24 heavy (non-hydrogen) atoms. The van der Waals surface area contributed by atoms with Gasteiger partial charge in [-0.15, -0.1) is 0 Å². The first-order valence-electron chi connectivity index (χ1n) is 9.02. The average Bonchev–Trinajstić information content (AvgIpc) is 2.61. The van der Waals surface area contributed by atoms with Gasteiger partial charge >= 0.3 is 0 Å². The van der Waals surface area contributed by atoms with Crippen LogP contribution in [0.2, 0.25) is 0 Å². The predicted octanol–water partition coefficient (Wildman–Crippen LogP) is 4.03.